The fourth-order valence-corrected chi connectivity index (χ4v) is 3.25. The average molecular weight is 436 g/mol. The summed E-state index contributed by atoms with van der Waals surface area (Å²) in [6, 6.07) is 10.2. The van der Waals surface area contributed by atoms with Crippen molar-refractivity contribution in [2.45, 2.75) is 6.92 Å². The minimum Gasteiger partial charge on any atom is -0.481 e. The maximum atomic E-state index is 12.5. The number of pyridine rings is 1. The Morgan fingerprint density at radius 1 is 1.21 bits per heavy atom. The van der Waals surface area contributed by atoms with Gasteiger partial charge < -0.3 is 5.11 Å². The van der Waals surface area contributed by atoms with Crippen molar-refractivity contribution in [3.05, 3.63) is 69.8 Å². The number of rotatable bonds is 3. The number of carboxylic acid groups (broad SMARTS) is 1. The molecule has 0 spiro atoms. The zero-order valence-corrected chi connectivity index (χ0v) is 16.8. The van der Waals surface area contributed by atoms with Crippen molar-refractivity contribution in [1.82, 2.24) is 15.4 Å². The van der Waals surface area contributed by atoms with Crippen molar-refractivity contribution in [2.24, 2.45) is 0 Å². The second-order valence-electron chi connectivity index (χ2n) is 5.26. The van der Waals surface area contributed by atoms with Crippen LogP contribution in [0.4, 0.5) is 0 Å². The van der Waals surface area contributed by atoms with Gasteiger partial charge in [0, 0.05) is 29.9 Å². The van der Waals surface area contributed by atoms with E-state index in [-0.39, 0.29) is 10.2 Å². The molecule has 2 aromatic rings. The zero-order chi connectivity index (χ0) is 20.7. The van der Waals surface area contributed by atoms with Gasteiger partial charge in [-0.25, -0.2) is 0 Å². The van der Waals surface area contributed by atoms with Gasteiger partial charge in [0.1, 0.15) is 0 Å². The van der Waals surface area contributed by atoms with Gasteiger partial charge in [-0.05, 0) is 48.1 Å². The molecule has 3 rings (SSSR count). The molecule has 2 N–H and O–H groups in total. The van der Waals surface area contributed by atoms with Gasteiger partial charge in [-0.15, -0.1) is 0 Å². The number of hydrogen-bond acceptors (Lipinski definition) is 6. The van der Waals surface area contributed by atoms with Gasteiger partial charge >= 0.3 is 0 Å². The highest BCUT2D eigenvalue weighted by Gasteiger charge is 2.33. The largest absolute Gasteiger partial charge is 0.481 e. The van der Waals surface area contributed by atoms with Crippen LogP contribution in [0.1, 0.15) is 22.8 Å². The van der Waals surface area contributed by atoms with Crippen LogP contribution in [0.25, 0.3) is 6.08 Å². The minimum atomic E-state index is -0.833. The van der Waals surface area contributed by atoms with Gasteiger partial charge in [0.25, 0.3) is 17.8 Å². The fraction of sp³-hybridized carbons (Fsp3) is 0.0556. The normalized spacial score (nSPS) is 14.5. The molecule has 0 unspecified atom stereocenters. The van der Waals surface area contributed by atoms with Gasteiger partial charge in [0.2, 0.25) is 0 Å². The number of halogens is 1. The molecule has 0 saturated carbocycles. The fourth-order valence-electron chi connectivity index (χ4n) is 1.94. The summed E-state index contributed by atoms with van der Waals surface area (Å²) in [4.78, 5) is 37.9. The molecule has 0 aliphatic carbocycles. The number of aromatic nitrogens is 1. The highest BCUT2D eigenvalue weighted by molar-refractivity contribution is 8.26. The van der Waals surface area contributed by atoms with Crippen molar-refractivity contribution in [1.29, 1.82) is 0 Å². The van der Waals surface area contributed by atoms with Crippen molar-refractivity contribution >= 4 is 63.8 Å². The highest BCUT2D eigenvalue weighted by Crippen LogP contribution is 2.31. The number of thioether (sulfide) groups is 1. The van der Waals surface area contributed by atoms with E-state index < -0.39 is 11.9 Å². The summed E-state index contributed by atoms with van der Waals surface area (Å²) in [5.74, 6) is -1.64. The van der Waals surface area contributed by atoms with Gasteiger partial charge in [0.15, 0.2) is 4.32 Å². The number of hydrogen-bond donors (Lipinski definition) is 2. The Bertz CT molecular complexity index is 930. The number of amides is 2. The number of carbonyl (C=O) groups is 3. The predicted octanol–water partition coefficient (Wildman–Crippen LogP) is 3.37. The lowest BCUT2D eigenvalue weighted by atomic mass is 10.2. The third kappa shape index (κ3) is 6.15. The van der Waals surface area contributed by atoms with Crippen LogP contribution in [0.5, 0.6) is 0 Å². The van der Waals surface area contributed by atoms with Gasteiger partial charge in [-0.2, -0.15) is 5.01 Å². The Morgan fingerprint density at radius 2 is 1.79 bits per heavy atom. The summed E-state index contributed by atoms with van der Waals surface area (Å²) >= 11 is 12.2. The number of aliphatic carboxylic acids is 1. The van der Waals surface area contributed by atoms with E-state index in [9.17, 15) is 9.59 Å². The van der Waals surface area contributed by atoms with Crippen LogP contribution in [-0.4, -0.2) is 37.2 Å². The SMILES string of the molecule is CC(=O)O.O=C(NN1C(=O)/C(=C/c2ccc(Cl)cc2)SC1=S)c1ccncc1. The van der Waals surface area contributed by atoms with Crippen molar-refractivity contribution in [2.75, 3.05) is 0 Å². The smallest absolute Gasteiger partial charge is 0.300 e. The minimum absolute atomic E-state index is 0.266. The molecule has 2 heterocycles. The third-order valence-corrected chi connectivity index (χ3v) is 4.67. The molecule has 1 saturated heterocycles. The van der Waals surface area contributed by atoms with Crippen LogP contribution in [0.15, 0.2) is 53.7 Å². The summed E-state index contributed by atoms with van der Waals surface area (Å²) in [6.45, 7) is 1.08. The van der Waals surface area contributed by atoms with Crippen LogP contribution in [0.2, 0.25) is 5.02 Å². The second kappa shape index (κ2) is 9.98. The van der Waals surface area contributed by atoms with E-state index in [1.165, 1.54) is 12.4 Å². The molecule has 0 atom stereocenters. The lowest BCUT2D eigenvalue weighted by Gasteiger charge is -2.15. The van der Waals surface area contributed by atoms with Crippen LogP contribution in [0, 0.1) is 0 Å². The average Bonchev–Trinajstić information content (AvgIpc) is 2.91. The molecule has 0 bridgehead atoms. The van der Waals surface area contributed by atoms with Crippen molar-refractivity contribution in [3.8, 4) is 0 Å². The van der Waals surface area contributed by atoms with Crippen molar-refractivity contribution in [3.63, 3.8) is 0 Å². The zero-order valence-electron chi connectivity index (χ0n) is 14.5. The Morgan fingerprint density at radius 3 is 2.36 bits per heavy atom. The summed E-state index contributed by atoms with van der Waals surface area (Å²) in [7, 11) is 0. The second-order valence-corrected chi connectivity index (χ2v) is 7.38. The van der Waals surface area contributed by atoms with Crippen LogP contribution >= 0.6 is 35.6 Å². The first kappa shape index (κ1) is 21.5. The molecule has 1 fully saturated rings. The molecule has 1 aliphatic rings. The first-order valence-corrected chi connectivity index (χ1v) is 9.32. The molecule has 1 aromatic heterocycles. The lowest BCUT2D eigenvalue weighted by molar-refractivity contribution is -0.134. The Kier molecular flexibility index (Phi) is 7.68. The first-order valence-electron chi connectivity index (χ1n) is 7.72. The number of hydrazine groups is 1. The third-order valence-electron chi connectivity index (χ3n) is 3.12. The Hall–Kier alpha value is -2.75. The quantitative estimate of drug-likeness (QED) is 0.563. The molecular formula is C18H14ClN3O4S2. The molecule has 1 aromatic carbocycles. The van der Waals surface area contributed by atoms with E-state index in [1.807, 2.05) is 0 Å². The standard InChI is InChI=1S/C16H10ClN3O2S2.C2H4O2/c17-12-3-1-10(2-4-12)9-13-15(22)20(16(23)24-13)19-14(21)11-5-7-18-8-6-11;1-2(3)4/h1-9H,(H,19,21);1H3,(H,3,4)/b13-9-;. The molecule has 1 aliphatic heterocycles. The van der Waals surface area contributed by atoms with E-state index in [1.54, 1.807) is 42.5 Å². The molecule has 0 radical (unpaired) electrons. The monoisotopic (exact) mass is 435 g/mol. The van der Waals surface area contributed by atoms with E-state index in [2.05, 4.69) is 10.4 Å². The number of nitrogens with zero attached hydrogens (tertiary/aromatic N) is 2. The predicted molar refractivity (Wildman–Crippen MR) is 111 cm³/mol. The Labute approximate surface area is 175 Å². The maximum absolute atomic E-state index is 12.5. The summed E-state index contributed by atoms with van der Waals surface area (Å²) < 4.78 is 0.266. The van der Waals surface area contributed by atoms with Crippen molar-refractivity contribution < 1.29 is 19.5 Å². The van der Waals surface area contributed by atoms with E-state index in [0.717, 1.165) is 29.3 Å². The number of carboxylic acids is 1. The van der Waals surface area contributed by atoms with Gasteiger partial charge in [0.05, 0.1) is 4.91 Å². The van der Waals surface area contributed by atoms with Gasteiger partial charge in [-0.1, -0.05) is 35.5 Å². The summed E-state index contributed by atoms with van der Waals surface area (Å²) in [5, 5.41) is 9.11. The van der Waals surface area contributed by atoms with Crippen LogP contribution in [-0.2, 0) is 9.59 Å². The molecule has 144 valence electrons. The number of benzene rings is 1. The topological polar surface area (TPSA) is 99.6 Å². The van der Waals surface area contributed by atoms with Gasteiger partial charge in [-0.3, -0.25) is 24.8 Å². The number of nitrogens with one attached hydrogen (secondary N) is 1. The highest BCUT2D eigenvalue weighted by atomic mass is 35.5. The summed E-state index contributed by atoms with van der Waals surface area (Å²) in [5.41, 5.74) is 3.72. The molecular weight excluding hydrogens is 422 g/mol. The molecule has 2 amide bonds. The number of carbonyl (C=O) groups excluding carboxylic acids is 2. The van der Waals surface area contributed by atoms with Crippen LogP contribution < -0.4 is 5.43 Å². The van der Waals surface area contributed by atoms with E-state index in [4.69, 9.17) is 33.7 Å². The lowest BCUT2D eigenvalue weighted by Crippen LogP contribution is -2.44. The molecule has 10 heteroatoms. The Balaban J connectivity index is 0.000000640. The molecule has 28 heavy (non-hydrogen) atoms. The van der Waals surface area contributed by atoms with Crippen LogP contribution in [0.3, 0.4) is 0 Å². The number of thiocarbonyl (C=S) groups is 1. The van der Waals surface area contributed by atoms with E-state index >= 15 is 0 Å². The summed E-state index contributed by atoms with van der Waals surface area (Å²) in [6.07, 6.45) is 4.70. The maximum Gasteiger partial charge on any atom is 0.300 e. The molecule has 7 nitrogen and oxygen atoms in total. The first-order chi connectivity index (χ1) is 13.3. The van der Waals surface area contributed by atoms with E-state index in [0.29, 0.717) is 15.5 Å².